The average Bonchev–Trinajstić information content (AvgIpc) is 2.28. The number of hydrogen-bond acceptors (Lipinski definition) is 2. The summed E-state index contributed by atoms with van der Waals surface area (Å²) in [5.41, 5.74) is -0.0810. The molecule has 3 nitrogen and oxygen atoms in total. The molecule has 0 bridgehead atoms. The molecule has 0 saturated carbocycles. The first-order chi connectivity index (χ1) is 8.10. The Morgan fingerprint density at radius 3 is 2.88 bits per heavy atom. The summed E-state index contributed by atoms with van der Waals surface area (Å²) in [6.07, 6.45) is 6.41. The topological polar surface area (TPSA) is 49.3 Å². The van der Waals surface area contributed by atoms with Gasteiger partial charge in [0.2, 0.25) is 0 Å². The molecular weight excluding hydrogens is 221 g/mol. The summed E-state index contributed by atoms with van der Waals surface area (Å²) in [5.74, 6) is 0.456. The Bertz CT molecular complexity index is 451. The van der Waals surface area contributed by atoms with Crippen molar-refractivity contribution in [1.82, 2.24) is 0 Å². The van der Waals surface area contributed by atoms with Crippen molar-refractivity contribution in [3.05, 3.63) is 29.6 Å². The monoisotopic (exact) mass is 235 g/mol. The molecule has 0 aromatic heterocycles. The van der Waals surface area contributed by atoms with Crippen molar-refractivity contribution in [2.75, 3.05) is 5.32 Å². The molecule has 0 fully saturated rings. The fourth-order valence-electron chi connectivity index (χ4n) is 1.52. The maximum Gasteiger partial charge on any atom is 0.340 e. The lowest BCUT2D eigenvalue weighted by Crippen LogP contribution is -2.20. The first-order valence-electron chi connectivity index (χ1n) is 5.32. The number of terminal acetylenes is 1. The van der Waals surface area contributed by atoms with E-state index in [9.17, 15) is 9.18 Å². The zero-order chi connectivity index (χ0) is 12.8. The quantitative estimate of drug-likeness (QED) is 0.771. The average molecular weight is 235 g/mol. The lowest BCUT2D eigenvalue weighted by atomic mass is 10.1. The number of anilines is 1. The lowest BCUT2D eigenvalue weighted by molar-refractivity contribution is 0.0693. The van der Waals surface area contributed by atoms with Crippen LogP contribution in [0.4, 0.5) is 10.1 Å². The van der Waals surface area contributed by atoms with Gasteiger partial charge in [-0.2, -0.15) is 0 Å². The lowest BCUT2D eigenvalue weighted by Gasteiger charge is -2.17. The summed E-state index contributed by atoms with van der Waals surface area (Å²) in [6.45, 7) is 1.93. The van der Waals surface area contributed by atoms with Gasteiger partial charge >= 0.3 is 5.97 Å². The van der Waals surface area contributed by atoms with Gasteiger partial charge in [0, 0.05) is 12.5 Å². The van der Waals surface area contributed by atoms with E-state index in [0.717, 1.165) is 12.5 Å². The third-order valence-corrected chi connectivity index (χ3v) is 2.44. The highest BCUT2D eigenvalue weighted by Crippen LogP contribution is 2.20. The van der Waals surface area contributed by atoms with Gasteiger partial charge in [-0.15, -0.1) is 12.3 Å². The van der Waals surface area contributed by atoms with Crippen LogP contribution in [0.15, 0.2) is 18.2 Å². The Balaban J connectivity index is 3.02. The molecule has 1 aromatic carbocycles. The predicted molar refractivity (Wildman–Crippen MR) is 64.5 cm³/mol. The third-order valence-electron chi connectivity index (χ3n) is 2.44. The molecule has 17 heavy (non-hydrogen) atoms. The SMILES string of the molecule is C#CCC(CC)Nc1cccc(F)c1C(=O)O. The molecule has 2 N–H and O–H groups in total. The zero-order valence-corrected chi connectivity index (χ0v) is 9.53. The van der Waals surface area contributed by atoms with E-state index in [1.807, 2.05) is 6.92 Å². The van der Waals surface area contributed by atoms with Crippen LogP contribution in [0.25, 0.3) is 0 Å². The Morgan fingerprint density at radius 1 is 1.65 bits per heavy atom. The smallest absolute Gasteiger partial charge is 0.340 e. The van der Waals surface area contributed by atoms with E-state index in [2.05, 4.69) is 11.2 Å². The van der Waals surface area contributed by atoms with E-state index in [1.165, 1.54) is 12.1 Å². The van der Waals surface area contributed by atoms with E-state index >= 15 is 0 Å². The van der Waals surface area contributed by atoms with Crippen LogP contribution >= 0.6 is 0 Å². The van der Waals surface area contributed by atoms with Gasteiger partial charge in [-0.3, -0.25) is 0 Å². The van der Waals surface area contributed by atoms with Crippen LogP contribution < -0.4 is 5.32 Å². The first-order valence-corrected chi connectivity index (χ1v) is 5.32. The molecule has 0 spiro atoms. The Morgan fingerprint density at radius 2 is 2.35 bits per heavy atom. The summed E-state index contributed by atoms with van der Waals surface area (Å²) in [7, 11) is 0. The second kappa shape index (κ2) is 5.90. The molecule has 0 aliphatic heterocycles. The maximum atomic E-state index is 13.4. The van der Waals surface area contributed by atoms with E-state index < -0.39 is 11.8 Å². The maximum absolute atomic E-state index is 13.4. The van der Waals surface area contributed by atoms with Crippen LogP contribution in [-0.2, 0) is 0 Å². The molecule has 1 atom stereocenters. The van der Waals surface area contributed by atoms with Crippen molar-refractivity contribution >= 4 is 11.7 Å². The highest BCUT2D eigenvalue weighted by atomic mass is 19.1. The summed E-state index contributed by atoms with van der Waals surface area (Å²) in [4.78, 5) is 10.9. The van der Waals surface area contributed by atoms with Crippen LogP contribution in [-0.4, -0.2) is 17.1 Å². The van der Waals surface area contributed by atoms with Gasteiger partial charge in [0.05, 0.1) is 5.69 Å². The highest BCUT2D eigenvalue weighted by Gasteiger charge is 2.17. The van der Waals surface area contributed by atoms with Crippen LogP contribution in [0.3, 0.4) is 0 Å². The third kappa shape index (κ3) is 3.22. The van der Waals surface area contributed by atoms with Gasteiger partial charge in [0.1, 0.15) is 11.4 Å². The van der Waals surface area contributed by atoms with Crippen LogP contribution in [0, 0.1) is 18.2 Å². The predicted octanol–water partition coefficient (Wildman–Crippen LogP) is 2.74. The number of nitrogens with one attached hydrogen (secondary N) is 1. The molecule has 4 heteroatoms. The summed E-state index contributed by atoms with van der Waals surface area (Å²) in [6, 6.07) is 4.06. The standard InChI is InChI=1S/C13H14FNO2/c1-3-6-9(4-2)15-11-8-5-7-10(14)12(11)13(16)17/h1,5,7-9,15H,4,6H2,2H3,(H,16,17). The number of benzene rings is 1. The second-order valence-electron chi connectivity index (χ2n) is 3.63. The van der Waals surface area contributed by atoms with Crippen LogP contribution in [0.1, 0.15) is 30.1 Å². The Labute approximate surface area is 99.7 Å². The Hall–Kier alpha value is -2.02. The summed E-state index contributed by atoms with van der Waals surface area (Å²) >= 11 is 0. The molecule has 0 radical (unpaired) electrons. The minimum atomic E-state index is -1.29. The fourth-order valence-corrected chi connectivity index (χ4v) is 1.52. The van der Waals surface area contributed by atoms with E-state index in [0.29, 0.717) is 6.42 Å². The highest BCUT2D eigenvalue weighted by molar-refractivity contribution is 5.94. The number of halogens is 1. The van der Waals surface area contributed by atoms with Crippen LogP contribution in [0.2, 0.25) is 0 Å². The van der Waals surface area contributed by atoms with Gasteiger partial charge in [-0.05, 0) is 18.6 Å². The molecule has 0 aliphatic rings. The van der Waals surface area contributed by atoms with Gasteiger partial charge in [0.25, 0.3) is 0 Å². The number of carboxylic acids is 1. The van der Waals surface area contributed by atoms with E-state index in [-0.39, 0.29) is 17.3 Å². The number of hydrogen-bond donors (Lipinski definition) is 2. The molecule has 1 rings (SSSR count). The molecule has 90 valence electrons. The second-order valence-corrected chi connectivity index (χ2v) is 3.63. The molecule has 1 unspecified atom stereocenters. The molecular formula is C13H14FNO2. The first kappa shape index (κ1) is 13.0. The largest absolute Gasteiger partial charge is 0.478 e. The van der Waals surface area contributed by atoms with Crippen molar-refractivity contribution < 1.29 is 14.3 Å². The molecule has 0 amide bonds. The molecule has 1 aromatic rings. The normalized spacial score (nSPS) is 11.6. The van der Waals surface area contributed by atoms with Crippen molar-refractivity contribution in [1.29, 1.82) is 0 Å². The summed E-state index contributed by atoms with van der Waals surface area (Å²) < 4.78 is 13.4. The number of carbonyl (C=O) groups is 1. The van der Waals surface area contributed by atoms with Gasteiger partial charge in [-0.1, -0.05) is 13.0 Å². The minimum absolute atomic E-state index is 0.0556. The number of carboxylic acid groups (broad SMARTS) is 1. The van der Waals surface area contributed by atoms with Crippen LogP contribution in [0.5, 0.6) is 0 Å². The van der Waals surface area contributed by atoms with Crippen molar-refractivity contribution in [2.45, 2.75) is 25.8 Å². The summed E-state index contributed by atoms with van der Waals surface area (Å²) in [5, 5.41) is 11.9. The number of rotatable bonds is 5. The zero-order valence-electron chi connectivity index (χ0n) is 9.53. The minimum Gasteiger partial charge on any atom is -0.478 e. The molecule has 0 heterocycles. The molecule has 0 saturated heterocycles. The van der Waals surface area contributed by atoms with Crippen molar-refractivity contribution in [2.24, 2.45) is 0 Å². The number of aromatic carboxylic acids is 1. The Kier molecular flexibility index (Phi) is 4.53. The van der Waals surface area contributed by atoms with Crippen molar-refractivity contribution in [3.63, 3.8) is 0 Å². The van der Waals surface area contributed by atoms with E-state index in [4.69, 9.17) is 11.5 Å². The van der Waals surface area contributed by atoms with E-state index in [1.54, 1.807) is 0 Å². The van der Waals surface area contributed by atoms with Gasteiger partial charge < -0.3 is 10.4 Å². The van der Waals surface area contributed by atoms with Gasteiger partial charge in [-0.25, -0.2) is 9.18 Å². The van der Waals surface area contributed by atoms with Crippen molar-refractivity contribution in [3.8, 4) is 12.3 Å². The fraction of sp³-hybridized carbons (Fsp3) is 0.308. The van der Waals surface area contributed by atoms with Gasteiger partial charge in [0.15, 0.2) is 0 Å². The molecule has 0 aliphatic carbocycles.